The van der Waals surface area contributed by atoms with Gasteiger partial charge in [0.25, 0.3) is 0 Å². The number of benzene rings is 1. The lowest BCUT2D eigenvalue weighted by Crippen LogP contribution is -1.91. The van der Waals surface area contributed by atoms with Crippen molar-refractivity contribution in [2.75, 3.05) is 11.2 Å². The molecule has 17 heavy (non-hydrogen) atoms. The molecule has 0 radical (unpaired) electrons. The van der Waals surface area contributed by atoms with Gasteiger partial charge in [-0.25, -0.2) is 0 Å². The average Bonchev–Trinajstić information content (AvgIpc) is 2.64. The third-order valence-corrected chi connectivity index (χ3v) is 2.72. The van der Waals surface area contributed by atoms with E-state index in [2.05, 4.69) is 31.4 Å². The molecule has 0 bridgehead atoms. The second-order valence-electron chi connectivity index (χ2n) is 3.58. The normalized spacial score (nSPS) is 10.5. The highest BCUT2D eigenvalue weighted by Gasteiger charge is 2.06. The number of nitrogens with zero attached hydrogens (tertiary/aromatic N) is 2. The Kier molecular flexibility index (Phi) is 4.02. The van der Waals surface area contributed by atoms with Gasteiger partial charge in [-0.05, 0) is 30.7 Å². The highest BCUT2D eigenvalue weighted by molar-refractivity contribution is 9.10. The van der Waals surface area contributed by atoms with Crippen molar-refractivity contribution in [2.24, 2.45) is 0 Å². The van der Waals surface area contributed by atoms with Crippen LogP contribution in [0, 0.1) is 6.92 Å². The molecule has 0 saturated carbocycles. The highest BCUT2D eigenvalue weighted by Crippen LogP contribution is 2.22. The molecule has 0 aliphatic heterocycles. The number of aromatic nitrogens is 2. The standard InChI is InChI=1S/C11H11BrClN3O/c1-7-4-8(12)6-9(5-7)14-11-16-15-10(17-11)2-3-13/h4-6H,2-3H2,1H3,(H,14,16). The van der Waals surface area contributed by atoms with E-state index in [1.54, 1.807) is 0 Å². The van der Waals surface area contributed by atoms with Crippen molar-refractivity contribution >= 4 is 39.2 Å². The molecule has 2 rings (SSSR count). The number of anilines is 2. The number of halogens is 2. The molecule has 1 aromatic carbocycles. The summed E-state index contributed by atoms with van der Waals surface area (Å²) in [6.07, 6.45) is 0.577. The van der Waals surface area contributed by atoms with Gasteiger partial charge in [0.15, 0.2) is 0 Å². The fourth-order valence-electron chi connectivity index (χ4n) is 1.42. The number of hydrogen-bond acceptors (Lipinski definition) is 4. The largest absolute Gasteiger partial charge is 0.408 e. The smallest absolute Gasteiger partial charge is 0.320 e. The maximum absolute atomic E-state index is 5.59. The topological polar surface area (TPSA) is 51.0 Å². The summed E-state index contributed by atoms with van der Waals surface area (Å²) in [7, 11) is 0. The van der Waals surface area contributed by atoms with E-state index in [1.165, 1.54) is 0 Å². The first-order valence-electron chi connectivity index (χ1n) is 5.10. The minimum atomic E-state index is 0.377. The second kappa shape index (κ2) is 5.51. The minimum absolute atomic E-state index is 0.377. The van der Waals surface area contributed by atoms with Crippen molar-refractivity contribution in [3.05, 3.63) is 34.1 Å². The number of nitrogens with one attached hydrogen (secondary N) is 1. The molecule has 0 unspecified atom stereocenters. The van der Waals surface area contributed by atoms with Crippen molar-refractivity contribution in [2.45, 2.75) is 13.3 Å². The Balaban J connectivity index is 2.13. The summed E-state index contributed by atoms with van der Waals surface area (Å²) in [5, 5.41) is 10.8. The van der Waals surface area contributed by atoms with E-state index in [0.29, 0.717) is 24.2 Å². The number of alkyl halides is 1. The molecule has 2 aromatic rings. The lowest BCUT2D eigenvalue weighted by Gasteiger charge is -2.03. The summed E-state index contributed by atoms with van der Waals surface area (Å²) in [6, 6.07) is 6.34. The van der Waals surface area contributed by atoms with Crippen LogP contribution < -0.4 is 5.32 Å². The Morgan fingerprint density at radius 2 is 2.18 bits per heavy atom. The molecular formula is C11H11BrClN3O. The van der Waals surface area contributed by atoms with Gasteiger partial charge >= 0.3 is 6.01 Å². The van der Waals surface area contributed by atoms with Gasteiger partial charge in [0, 0.05) is 22.5 Å². The van der Waals surface area contributed by atoms with Crippen molar-refractivity contribution in [3.63, 3.8) is 0 Å². The minimum Gasteiger partial charge on any atom is -0.408 e. The van der Waals surface area contributed by atoms with E-state index in [4.69, 9.17) is 16.0 Å². The molecule has 0 amide bonds. The predicted octanol–water partition coefficient (Wildman–Crippen LogP) is 3.67. The molecule has 0 saturated heterocycles. The second-order valence-corrected chi connectivity index (χ2v) is 4.88. The molecule has 1 aromatic heterocycles. The summed E-state index contributed by atoms with van der Waals surface area (Å²) in [5.74, 6) is 1.01. The van der Waals surface area contributed by atoms with Crippen LogP contribution in [-0.4, -0.2) is 16.1 Å². The van der Waals surface area contributed by atoms with Crippen LogP contribution in [0.4, 0.5) is 11.7 Å². The molecule has 0 spiro atoms. The van der Waals surface area contributed by atoms with Gasteiger partial charge in [0.1, 0.15) is 0 Å². The fourth-order valence-corrected chi connectivity index (χ4v) is 2.19. The van der Waals surface area contributed by atoms with Crippen LogP contribution in [0.15, 0.2) is 27.1 Å². The molecule has 6 heteroatoms. The Bertz CT molecular complexity index is 495. The van der Waals surface area contributed by atoms with Crippen LogP contribution in [-0.2, 0) is 6.42 Å². The first-order chi connectivity index (χ1) is 8.17. The predicted molar refractivity (Wildman–Crippen MR) is 70.9 cm³/mol. The molecule has 1 N–H and O–H groups in total. The molecule has 4 nitrogen and oxygen atoms in total. The van der Waals surface area contributed by atoms with Gasteiger partial charge in [0.05, 0.1) is 0 Å². The molecule has 0 aliphatic rings. The summed E-state index contributed by atoms with van der Waals surface area (Å²) in [5.41, 5.74) is 2.04. The van der Waals surface area contributed by atoms with Gasteiger partial charge in [-0.1, -0.05) is 21.0 Å². The van der Waals surface area contributed by atoms with Crippen LogP contribution in [0.3, 0.4) is 0 Å². The van der Waals surface area contributed by atoms with Crippen molar-refractivity contribution in [1.29, 1.82) is 0 Å². The fraction of sp³-hybridized carbons (Fsp3) is 0.273. The van der Waals surface area contributed by atoms with Crippen LogP contribution >= 0.6 is 27.5 Å². The van der Waals surface area contributed by atoms with E-state index in [9.17, 15) is 0 Å². The average molecular weight is 317 g/mol. The lowest BCUT2D eigenvalue weighted by molar-refractivity contribution is 0.516. The molecular weight excluding hydrogens is 305 g/mol. The summed E-state index contributed by atoms with van der Waals surface area (Å²) in [4.78, 5) is 0. The van der Waals surface area contributed by atoms with E-state index < -0.39 is 0 Å². The van der Waals surface area contributed by atoms with Gasteiger partial charge in [-0.3, -0.25) is 0 Å². The van der Waals surface area contributed by atoms with E-state index in [-0.39, 0.29) is 0 Å². The first kappa shape index (κ1) is 12.4. The zero-order valence-electron chi connectivity index (χ0n) is 9.20. The molecule has 1 heterocycles. The number of hydrogen-bond donors (Lipinski definition) is 1. The third kappa shape index (κ3) is 3.44. The summed E-state index contributed by atoms with van der Waals surface area (Å²) >= 11 is 9.02. The molecule has 90 valence electrons. The summed E-state index contributed by atoms with van der Waals surface area (Å²) < 4.78 is 6.38. The van der Waals surface area contributed by atoms with Gasteiger partial charge in [-0.15, -0.1) is 16.7 Å². The molecule has 0 aliphatic carbocycles. The number of rotatable bonds is 4. The van der Waals surface area contributed by atoms with Crippen LogP contribution in [0.1, 0.15) is 11.5 Å². The quantitative estimate of drug-likeness (QED) is 0.875. The number of aryl methyl sites for hydroxylation is 2. The SMILES string of the molecule is Cc1cc(Br)cc(Nc2nnc(CCCl)o2)c1. The summed E-state index contributed by atoms with van der Waals surface area (Å²) in [6.45, 7) is 2.02. The molecule has 0 fully saturated rings. The Hall–Kier alpha value is -1.07. The highest BCUT2D eigenvalue weighted by atomic mass is 79.9. The van der Waals surface area contributed by atoms with Gasteiger partial charge in [0.2, 0.25) is 5.89 Å². The zero-order chi connectivity index (χ0) is 12.3. The lowest BCUT2D eigenvalue weighted by atomic mass is 10.2. The maximum Gasteiger partial charge on any atom is 0.320 e. The third-order valence-electron chi connectivity index (χ3n) is 2.07. The Morgan fingerprint density at radius 3 is 2.88 bits per heavy atom. The first-order valence-corrected chi connectivity index (χ1v) is 6.42. The Labute approximate surface area is 113 Å². The van der Waals surface area contributed by atoms with E-state index in [1.807, 2.05) is 25.1 Å². The zero-order valence-corrected chi connectivity index (χ0v) is 11.5. The van der Waals surface area contributed by atoms with Crippen LogP contribution in [0.2, 0.25) is 0 Å². The Morgan fingerprint density at radius 1 is 1.35 bits per heavy atom. The van der Waals surface area contributed by atoms with Crippen molar-refractivity contribution in [1.82, 2.24) is 10.2 Å². The van der Waals surface area contributed by atoms with Gasteiger partial charge in [-0.2, -0.15) is 0 Å². The van der Waals surface area contributed by atoms with Gasteiger partial charge < -0.3 is 9.73 Å². The van der Waals surface area contributed by atoms with Crippen LogP contribution in [0.25, 0.3) is 0 Å². The van der Waals surface area contributed by atoms with E-state index >= 15 is 0 Å². The maximum atomic E-state index is 5.59. The van der Waals surface area contributed by atoms with E-state index in [0.717, 1.165) is 15.7 Å². The van der Waals surface area contributed by atoms with Crippen LogP contribution in [0.5, 0.6) is 0 Å². The monoisotopic (exact) mass is 315 g/mol. The van der Waals surface area contributed by atoms with Crippen molar-refractivity contribution in [3.8, 4) is 0 Å². The van der Waals surface area contributed by atoms with Crippen molar-refractivity contribution < 1.29 is 4.42 Å². The molecule has 0 atom stereocenters.